The van der Waals surface area contributed by atoms with Crippen molar-refractivity contribution in [2.75, 3.05) is 20.1 Å². The van der Waals surface area contributed by atoms with Crippen LogP contribution in [0.1, 0.15) is 23.2 Å². The molecule has 0 bridgehead atoms. The van der Waals surface area contributed by atoms with Crippen LogP contribution in [0.15, 0.2) is 34.6 Å². The first-order valence-electron chi connectivity index (χ1n) is 7.74. The van der Waals surface area contributed by atoms with Gasteiger partial charge in [-0.2, -0.15) is 0 Å². The minimum absolute atomic E-state index is 0.168. The van der Waals surface area contributed by atoms with Crippen molar-refractivity contribution in [3.63, 3.8) is 0 Å². The lowest BCUT2D eigenvalue weighted by molar-refractivity contribution is 0.471. The largest absolute Gasteiger partial charge is 0.357 e. The smallest absolute Gasteiger partial charge is 0.194 e. The molecule has 0 aliphatic carbocycles. The molecule has 0 unspecified atom stereocenters. The van der Waals surface area contributed by atoms with Crippen LogP contribution < -0.4 is 5.32 Å². The van der Waals surface area contributed by atoms with Crippen LogP contribution in [-0.4, -0.2) is 36.0 Å². The number of aromatic nitrogens is 1. The quantitative estimate of drug-likeness (QED) is 0.651. The van der Waals surface area contributed by atoms with Gasteiger partial charge in [0.15, 0.2) is 5.96 Å². The van der Waals surface area contributed by atoms with E-state index < -0.39 is 0 Å². The average molecular weight is 334 g/mol. The van der Waals surface area contributed by atoms with Gasteiger partial charge >= 0.3 is 0 Å². The van der Waals surface area contributed by atoms with Gasteiger partial charge in [-0.1, -0.05) is 18.2 Å². The fraction of sp³-hybridized carbons (Fsp3) is 0.412. The van der Waals surface area contributed by atoms with Crippen molar-refractivity contribution < 1.29 is 4.39 Å². The van der Waals surface area contributed by atoms with Crippen molar-refractivity contribution in [2.45, 2.75) is 26.8 Å². The van der Waals surface area contributed by atoms with Crippen LogP contribution in [0.4, 0.5) is 4.39 Å². The molecule has 0 spiro atoms. The van der Waals surface area contributed by atoms with Crippen LogP contribution in [0, 0.1) is 12.7 Å². The van der Waals surface area contributed by atoms with Crippen molar-refractivity contribution in [3.8, 4) is 0 Å². The van der Waals surface area contributed by atoms with Crippen LogP contribution in [0.3, 0.4) is 0 Å². The SMILES string of the molecule is CCNC(=NCCc1ccccc1F)N(C)Cc1csc(C)n1. The molecule has 0 radical (unpaired) electrons. The molecular formula is C17H23FN4S. The fourth-order valence-electron chi connectivity index (χ4n) is 2.25. The van der Waals surface area contributed by atoms with E-state index in [1.165, 1.54) is 6.07 Å². The maximum absolute atomic E-state index is 13.6. The zero-order valence-corrected chi connectivity index (χ0v) is 14.7. The molecular weight excluding hydrogens is 311 g/mol. The van der Waals surface area contributed by atoms with E-state index in [2.05, 4.69) is 20.7 Å². The van der Waals surface area contributed by atoms with Crippen LogP contribution in [-0.2, 0) is 13.0 Å². The lowest BCUT2D eigenvalue weighted by Gasteiger charge is -2.21. The second-order valence-electron chi connectivity index (χ2n) is 5.29. The normalized spacial score (nSPS) is 11.6. The number of hydrogen-bond acceptors (Lipinski definition) is 3. The fourth-order valence-corrected chi connectivity index (χ4v) is 2.86. The molecule has 6 heteroatoms. The Morgan fingerprint density at radius 3 is 2.83 bits per heavy atom. The van der Waals surface area contributed by atoms with Crippen molar-refractivity contribution in [3.05, 3.63) is 51.7 Å². The zero-order valence-electron chi connectivity index (χ0n) is 13.8. The first-order chi connectivity index (χ1) is 11.1. The topological polar surface area (TPSA) is 40.5 Å². The molecule has 1 aromatic heterocycles. The Kier molecular flexibility index (Phi) is 6.52. The van der Waals surface area contributed by atoms with Gasteiger partial charge in [0, 0.05) is 25.5 Å². The molecule has 23 heavy (non-hydrogen) atoms. The van der Waals surface area contributed by atoms with Gasteiger partial charge in [-0.15, -0.1) is 11.3 Å². The summed E-state index contributed by atoms with van der Waals surface area (Å²) in [4.78, 5) is 11.1. The number of halogens is 1. The monoisotopic (exact) mass is 334 g/mol. The minimum atomic E-state index is -0.168. The summed E-state index contributed by atoms with van der Waals surface area (Å²) < 4.78 is 13.6. The molecule has 0 atom stereocenters. The Morgan fingerprint density at radius 1 is 1.39 bits per heavy atom. The number of thiazole rings is 1. The van der Waals surface area contributed by atoms with Gasteiger partial charge < -0.3 is 10.2 Å². The van der Waals surface area contributed by atoms with Gasteiger partial charge in [0.05, 0.1) is 17.2 Å². The maximum Gasteiger partial charge on any atom is 0.194 e. The lowest BCUT2D eigenvalue weighted by Crippen LogP contribution is -2.38. The van der Waals surface area contributed by atoms with E-state index in [1.54, 1.807) is 23.5 Å². The van der Waals surface area contributed by atoms with E-state index in [4.69, 9.17) is 0 Å². The molecule has 2 rings (SSSR count). The summed E-state index contributed by atoms with van der Waals surface area (Å²) in [5, 5.41) is 6.40. The third-order valence-corrected chi connectivity index (χ3v) is 4.19. The van der Waals surface area contributed by atoms with E-state index >= 15 is 0 Å². The van der Waals surface area contributed by atoms with Gasteiger partial charge in [0.2, 0.25) is 0 Å². The van der Waals surface area contributed by atoms with Crippen LogP contribution in [0.2, 0.25) is 0 Å². The summed E-state index contributed by atoms with van der Waals surface area (Å²) in [6, 6.07) is 6.85. The molecule has 0 saturated carbocycles. The summed E-state index contributed by atoms with van der Waals surface area (Å²) >= 11 is 1.65. The van der Waals surface area contributed by atoms with Crippen molar-refractivity contribution >= 4 is 17.3 Å². The number of aryl methyl sites for hydroxylation is 1. The molecule has 0 fully saturated rings. The Labute approximate surface area is 141 Å². The number of aliphatic imine (C=N–C) groups is 1. The van der Waals surface area contributed by atoms with Gasteiger partial charge in [0.1, 0.15) is 5.82 Å². The molecule has 0 aliphatic heterocycles. The maximum atomic E-state index is 13.6. The van der Waals surface area contributed by atoms with Crippen LogP contribution in [0.25, 0.3) is 0 Å². The Hall–Kier alpha value is -1.95. The molecule has 2 aromatic rings. The number of nitrogens with zero attached hydrogens (tertiary/aromatic N) is 3. The van der Waals surface area contributed by atoms with E-state index in [0.717, 1.165) is 23.2 Å². The number of guanidine groups is 1. The number of nitrogens with one attached hydrogen (secondary N) is 1. The predicted molar refractivity (Wildman–Crippen MR) is 94.4 cm³/mol. The van der Waals surface area contributed by atoms with Crippen molar-refractivity contribution in [1.29, 1.82) is 0 Å². The number of benzene rings is 1. The highest BCUT2D eigenvalue weighted by Gasteiger charge is 2.08. The highest BCUT2D eigenvalue weighted by molar-refractivity contribution is 7.09. The van der Waals surface area contributed by atoms with Crippen molar-refractivity contribution in [1.82, 2.24) is 15.2 Å². The van der Waals surface area contributed by atoms with E-state index in [-0.39, 0.29) is 5.82 Å². The molecule has 1 heterocycles. The van der Waals surface area contributed by atoms with Gasteiger partial charge in [0.25, 0.3) is 0 Å². The van der Waals surface area contributed by atoms with Gasteiger partial charge in [-0.3, -0.25) is 4.99 Å². The third-order valence-electron chi connectivity index (χ3n) is 3.36. The minimum Gasteiger partial charge on any atom is -0.357 e. The third kappa shape index (κ3) is 5.32. The predicted octanol–water partition coefficient (Wildman–Crippen LogP) is 3.23. The van der Waals surface area contributed by atoms with Gasteiger partial charge in [-0.05, 0) is 31.9 Å². The Morgan fingerprint density at radius 2 is 2.17 bits per heavy atom. The molecule has 1 aromatic carbocycles. The summed E-state index contributed by atoms with van der Waals surface area (Å²) in [7, 11) is 1.99. The molecule has 4 nitrogen and oxygen atoms in total. The van der Waals surface area contributed by atoms with Gasteiger partial charge in [-0.25, -0.2) is 9.37 Å². The average Bonchev–Trinajstić information content (AvgIpc) is 2.93. The number of rotatable bonds is 6. The summed E-state index contributed by atoms with van der Waals surface area (Å²) in [6.45, 7) is 6.08. The van der Waals surface area contributed by atoms with E-state index in [9.17, 15) is 4.39 Å². The summed E-state index contributed by atoms with van der Waals surface area (Å²) in [6.07, 6.45) is 0.589. The van der Waals surface area contributed by atoms with Crippen LogP contribution >= 0.6 is 11.3 Å². The van der Waals surface area contributed by atoms with Crippen molar-refractivity contribution in [2.24, 2.45) is 4.99 Å². The zero-order chi connectivity index (χ0) is 16.7. The molecule has 0 amide bonds. The highest BCUT2D eigenvalue weighted by Crippen LogP contribution is 2.10. The number of hydrogen-bond donors (Lipinski definition) is 1. The molecule has 1 N–H and O–H groups in total. The second-order valence-corrected chi connectivity index (χ2v) is 6.35. The van der Waals surface area contributed by atoms with E-state index in [0.29, 0.717) is 25.1 Å². The Balaban J connectivity index is 1.97. The molecule has 124 valence electrons. The summed E-state index contributed by atoms with van der Waals surface area (Å²) in [5.41, 5.74) is 1.74. The summed E-state index contributed by atoms with van der Waals surface area (Å²) in [5.74, 6) is 0.647. The first kappa shape index (κ1) is 17.4. The standard InChI is InChI=1S/C17H23FN4S/c1-4-19-17(22(3)11-15-12-23-13(2)21-15)20-10-9-14-7-5-6-8-16(14)18/h5-8,12H,4,9-11H2,1-3H3,(H,19,20). The highest BCUT2D eigenvalue weighted by atomic mass is 32.1. The molecule has 0 aliphatic rings. The van der Waals surface area contributed by atoms with Crippen LogP contribution in [0.5, 0.6) is 0 Å². The Bertz CT molecular complexity index is 654. The molecule has 0 saturated heterocycles. The first-order valence-corrected chi connectivity index (χ1v) is 8.62. The second kappa shape index (κ2) is 8.62. The van der Waals surface area contributed by atoms with E-state index in [1.807, 2.05) is 31.9 Å². The lowest BCUT2D eigenvalue weighted by atomic mass is 10.1.